The summed E-state index contributed by atoms with van der Waals surface area (Å²) >= 11 is 0. The number of hydrogen-bond donors (Lipinski definition) is 1. The van der Waals surface area contributed by atoms with Gasteiger partial charge in [0.15, 0.2) is 6.10 Å². The quantitative estimate of drug-likeness (QED) is 0.868. The van der Waals surface area contributed by atoms with Crippen LogP contribution in [0.4, 0.5) is 10.1 Å². The summed E-state index contributed by atoms with van der Waals surface area (Å²) in [5.41, 5.74) is 2.04. The smallest absolute Gasteiger partial charge is 0.263 e. The Morgan fingerprint density at radius 2 is 1.93 bits per heavy atom. The molecular formula is C19H21FN2O4S. The van der Waals surface area contributed by atoms with Crippen molar-refractivity contribution < 1.29 is 22.3 Å². The Balaban J connectivity index is 1.81. The fraction of sp³-hybridized carbons (Fsp3) is 0.316. The van der Waals surface area contributed by atoms with Crippen LogP contribution < -0.4 is 14.4 Å². The molecular weight excluding hydrogens is 371 g/mol. The van der Waals surface area contributed by atoms with Gasteiger partial charge in [0.25, 0.3) is 5.91 Å². The predicted octanol–water partition coefficient (Wildman–Crippen LogP) is 2.54. The number of amides is 1. The van der Waals surface area contributed by atoms with Crippen LogP contribution in [0.25, 0.3) is 0 Å². The predicted molar refractivity (Wildman–Crippen MR) is 101 cm³/mol. The van der Waals surface area contributed by atoms with E-state index >= 15 is 0 Å². The van der Waals surface area contributed by atoms with E-state index in [9.17, 15) is 17.6 Å². The second-order valence-corrected chi connectivity index (χ2v) is 8.56. The first-order valence-corrected chi connectivity index (χ1v) is 10.3. The summed E-state index contributed by atoms with van der Waals surface area (Å²) < 4.78 is 44.4. The highest BCUT2D eigenvalue weighted by Gasteiger charge is 2.35. The summed E-state index contributed by atoms with van der Waals surface area (Å²) in [6, 6.07) is 10.6. The third-order valence-electron chi connectivity index (χ3n) is 4.41. The number of nitrogens with zero attached hydrogens (tertiary/aromatic N) is 1. The number of nitrogens with one attached hydrogen (secondary N) is 1. The summed E-state index contributed by atoms with van der Waals surface area (Å²) in [6.07, 6.45) is 0.110. The van der Waals surface area contributed by atoms with Gasteiger partial charge in [-0.2, -0.15) is 0 Å². The van der Waals surface area contributed by atoms with Gasteiger partial charge in [-0.1, -0.05) is 18.2 Å². The Morgan fingerprint density at radius 3 is 2.56 bits per heavy atom. The van der Waals surface area contributed by atoms with E-state index in [-0.39, 0.29) is 18.4 Å². The van der Waals surface area contributed by atoms with E-state index in [2.05, 4.69) is 5.32 Å². The zero-order chi connectivity index (χ0) is 19.8. The molecule has 2 atom stereocenters. The number of fused-ring (bicyclic) bond motifs is 1. The minimum atomic E-state index is -3.58. The van der Waals surface area contributed by atoms with Crippen molar-refractivity contribution in [1.82, 2.24) is 5.32 Å². The average molecular weight is 392 g/mol. The molecule has 1 heterocycles. The lowest BCUT2D eigenvalue weighted by Crippen LogP contribution is -2.50. The Bertz CT molecular complexity index is 960. The van der Waals surface area contributed by atoms with Crippen molar-refractivity contribution in [1.29, 1.82) is 0 Å². The molecule has 0 aromatic heterocycles. The van der Waals surface area contributed by atoms with Gasteiger partial charge < -0.3 is 10.1 Å². The number of ether oxygens (including phenoxy) is 1. The summed E-state index contributed by atoms with van der Waals surface area (Å²) in [7, 11) is -3.58. The molecule has 0 fully saturated rings. The van der Waals surface area contributed by atoms with Gasteiger partial charge >= 0.3 is 0 Å². The minimum Gasteiger partial charge on any atom is -0.476 e. The Kier molecular flexibility index (Phi) is 5.10. The molecule has 0 unspecified atom stereocenters. The van der Waals surface area contributed by atoms with Gasteiger partial charge in [-0.25, -0.2) is 12.8 Å². The van der Waals surface area contributed by atoms with Crippen LogP contribution in [0.3, 0.4) is 0 Å². The average Bonchev–Trinajstić information content (AvgIpc) is 2.60. The lowest BCUT2D eigenvalue weighted by atomic mass is 10.1. The number of anilines is 1. The van der Waals surface area contributed by atoms with E-state index in [0.717, 1.165) is 17.4 Å². The van der Waals surface area contributed by atoms with Gasteiger partial charge in [-0.05, 0) is 49.2 Å². The number of hydrogen-bond acceptors (Lipinski definition) is 4. The molecule has 0 bridgehead atoms. The van der Waals surface area contributed by atoms with Crippen molar-refractivity contribution >= 4 is 21.6 Å². The van der Waals surface area contributed by atoms with Crippen molar-refractivity contribution in [3.63, 3.8) is 0 Å². The second-order valence-electron chi connectivity index (χ2n) is 6.65. The summed E-state index contributed by atoms with van der Waals surface area (Å²) in [5, 5.41) is 2.79. The summed E-state index contributed by atoms with van der Waals surface area (Å²) in [6.45, 7) is 3.50. The topological polar surface area (TPSA) is 75.7 Å². The van der Waals surface area contributed by atoms with Crippen molar-refractivity contribution in [3.05, 3.63) is 59.4 Å². The van der Waals surface area contributed by atoms with Crippen molar-refractivity contribution in [3.8, 4) is 5.75 Å². The van der Waals surface area contributed by atoms with Crippen molar-refractivity contribution in [2.75, 3.05) is 17.1 Å². The first-order valence-electron chi connectivity index (χ1n) is 8.46. The SMILES string of the molecule is Cc1ccc2c(c1)N(S(C)(=O)=O)C[C@@H](C(=O)N[C@H](C)c1ccc(F)cc1)O2. The molecule has 0 aliphatic carbocycles. The molecule has 1 N–H and O–H groups in total. The Hall–Kier alpha value is -2.61. The molecule has 1 amide bonds. The first-order chi connectivity index (χ1) is 12.6. The van der Waals surface area contributed by atoms with Gasteiger partial charge in [0, 0.05) is 0 Å². The largest absolute Gasteiger partial charge is 0.476 e. The minimum absolute atomic E-state index is 0.114. The number of rotatable bonds is 4. The van der Waals surface area contributed by atoms with Crippen LogP contribution in [0.5, 0.6) is 5.75 Å². The fourth-order valence-electron chi connectivity index (χ4n) is 2.95. The number of sulfonamides is 1. The van der Waals surface area contributed by atoms with Crippen molar-refractivity contribution in [2.24, 2.45) is 0 Å². The Labute approximate surface area is 158 Å². The number of carbonyl (C=O) groups excluding carboxylic acids is 1. The molecule has 1 aliphatic rings. The maximum Gasteiger partial charge on any atom is 0.263 e. The monoisotopic (exact) mass is 392 g/mol. The van der Waals surface area contributed by atoms with Crippen LogP contribution in [-0.4, -0.2) is 33.2 Å². The van der Waals surface area contributed by atoms with Crippen LogP contribution in [-0.2, 0) is 14.8 Å². The van der Waals surface area contributed by atoms with Crippen LogP contribution in [0.2, 0.25) is 0 Å². The Morgan fingerprint density at radius 1 is 1.26 bits per heavy atom. The van der Waals surface area contributed by atoms with E-state index in [1.54, 1.807) is 37.3 Å². The molecule has 1 aliphatic heterocycles. The molecule has 0 saturated carbocycles. The molecule has 3 rings (SSSR count). The molecule has 2 aromatic rings. The molecule has 6 nitrogen and oxygen atoms in total. The van der Waals surface area contributed by atoms with E-state index < -0.39 is 22.0 Å². The molecule has 2 aromatic carbocycles. The summed E-state index contributed by atoms with van der Waals surface area (Å²) in [5.74, 6) is -0.456. The highest BCUT2D eigenvalue weighted by atomic mass is 32.2. The highest BCUT2D eigenvalue weighted by Crippen LogP contribution is 2.35. The molecule has 0 radical (unpaired) electrons. The van der Waals surface area contributed by atoms with Gasteiger partial charge in [-0.3, -0.25) is 9.10 Å². The van der Waals surface area contributed by atoms with Crippen LogP contribution in [0.1, 0.15) is 24.1 Å². The van der Waals surface area contributed by atoms with E-state index in [4.69, 9.17) is 4.74 Å². The van der Waals surface area contributed by atoms with Crippen LogP contribution in [0.15, 0.2) is 42.5 Å². The summed E-state index contributed by atoms with van der Waals surface area (Å²) in [4.78, 5) is 12.7. The normalized spacial score (nSPS) is 17.6. The van der Waals surface area contributed by atoms with E-state index in [1.807, 2.05) is 6.92 Å². The number of carbonyl (C=O) groups is 1. The van der Waals surface area contributed by atoms with Gasteiger partial charge in [-0.15, -0.1) is 0 Å². The highest BCUT2D eigenvalue weighted by molar-refractivity contribution is 7.92. The van der Waals surface area contributed by atoms with Gasteiger partial charge in [0.05, 0.1) is 24.5 Å². The van der Waals surface area contributed by atoms with Gasteiger partial charge in [0.2, 0.25) is 10.0 Å². The third kappa shape index (κ3) is 4.21. The number of aryl methyl sites for hydroxylation is 1. The maximum atomic E-state index is 13.1. The molecule has 0 saturated heterocycles. The third-order valence-corrected chi connectivity index (χ3v) is 5.55. The lowest BCUT2D eigenvalue weighted by Gasteiger charge is -2.34. The first kappa shape index (κ1) is 19.2. The van der Waals surface area contributed by atoms with Crippen molar-refractivity contribution in [2.45, 2.75) is 26.0 Å². The molecule has 8 heteroatoms. The standard InChI is InChI=1S/C19H21FN2O4S/c1-12-4-9-17-16(10-12)22(27(3,24)25)11-18(26-17)19(23)21-13(2)14-5-7-15(20)8-6-14/h4-10,13,18H,11H2,1-3H3,(H,21,23)/t13-,18+/m1/s1. The second kappa shape index (κ2) is 7.19. The number of benzene rings is 2. The zero-order valence-electron chi connectivity index (χ0n) is 15.3. The number of halogens is 1. The van der Waals surface area contributed by atoms with Gasteiger partial charge in [0.1, 0.15) is 11.6 Å². The lowest BCUT2D eigenvalue weighted by molar-refractivity contribution is -0.128. The van der Waals surface area contributed by atoms with Crippen LogP contribution >= 0.6 is 0 Å². The molecule has 27 heavy (non-hydrogen) atoms. The van der Waals surface area contributed by atoms with Crippen LogP contribution in [0, 0.1) is 12.7 Å². The molecule has 144 valence electrons. The maximum absolute atomic E-state index is 13.1. The molecule has 0 spiro atoms. The zero-order valence-corrected chi connectivity index (χ0v) is 16.1. The van der Waals surface area contributed by atoms with E-state index in [0.29, 0.717) is 11.4 Å². The van der Waals surface area contributed by atoms with E-state index in [1.165, 1.54) is 16.4 Å². The fourth-order valence-corrected chi connectivity index (χ4v) is 3.86.